The quantitative estimate of drug-likeness (QED) is 0.931. The molecule has 0 aliphatic rings. The molecule has 0 bridgehead atoms. The maximum Gasteiger partial charge on any atom is 0.229 e. The molecule has 0 atom stereocenters. The third-order valence-electron chi connectivity index (χ3n) is 2.50. The van der Waals surface area contributed by atoms with Gasteiger partial charge in [0, 0.05) is 10.0 Å². The molecule has 1 aromatic heterocycles. The van der Waals surface area contributed by atoms with E-state index >= 15 is 0 Å². The number of anilines is 1. The van der Waals surface area contributed by atoms with Crippen LogP contribution >= 0.6 is 15.9 Å². The van der Waals surface area contributed by atoms with Gasteiger partial charge < -0.3 is 19.7 Å². The van der Waals surface area contributed by atoms with Gasteiger partial charge in [0.25, 0.3) is 0 Å². The van der Waals surface area contributed by atoms with E-state index in [4.69, 9.17) is 19.7 Å². The predicted octanol–water partition coefficient (Wildman–Crippen LogP) is 3.48. The number of methoxy groups -OCH3 is 1. The lowest BCUT2D eigenvalue weighted by molar-refractivity contribution is 0.230. The molecular weight excluding hydrogens is 312 g/mol. The molecule has 0 spiro atoms. The molecule has 0 aliphatic heterocycles. The minimum atomic E-state index is 0.0442. The van der Waals surface area contributed by atoms with Crippen molar-refractivity contribution in [1.82, 2.24) is 5.16 Å². The maximum absolute atomic E-state index is 5.74. The Kier molecular flexibility index (Phi) is 3.99. The zero-order chi connectivity index (χ0) is 14.0. The zero-order valence-electron chi connectivity index (χ0n) is 10.9. The first kappa shape index (κ1) is 13.7. The van der Waals surface area contributed by atoms with Gasteiger partial charge in [-0.3, -0.25) is 0 Å². The van der Waals surface area contributed by atoms with Crippen molar-refractivity contribution < 1.29 is 14.0 Å². The van der Waals surface area contributed by atoms with E-state index in [0.717, 1.165) is 10.0 Å². The van der Waals surface area contributed by atoms with Crippen LogP contribution in [-0.2, 0) is 0 Å². The summed E-state index contributed by atoms with van der Waals surface area (Å²) in [6, 6.07) is 3.69. The molecule has 2 rings (SSSR count). The van der Waals surface area contributed by atoms with Crippen molar-refractivity contribution in [2.45, 2.75) is 20.0 Å². The summed E-state index contributed by atoms with van der Waals surface area (Å²) >= 11 is 3.48. The molecule has 1 aromatic carbocycles. The molecule has 6 heteroatoms. The Morgan fingerprint density at radius 2 is 2.00 bits per heavy atom. The molecule has 19 heavy (non-hydrogen) atoms. The number of nitrogens with two attached hydrogens (primary N) is 1. The number of hydrogen-bond acceptors (Lipinski definition) is 5. The van der Waals surface area contributed by atoms with E-state index in [1.165, 1.54) is 0 Å². The van der Waals surface area contributed by atoms with Crippen molar-refractivity contribution in [2.24, 2.45) is 0 Å². The molecule has 0 saturated heterocycles. The summed E-state index contributed by atoms with van der Waals surface area (Å²) in [6.07, 6.45) is 1.61. The summed E-state index contributed by atoms with van der Waals surface area (Å²) in [5.41, 5.74) is 7.30. The second-order valence-electron chi connectivity index (χ2n) is 4.25. The molecule has 0 fully saturated rings. The third-order valence-corrected chi connectivity index (χ3v) is 3.16. The van der Waals surface area contributed by atoms with E-state index in [2.05, 4.69) is 21.1 Å². The van der Waals surface area contributed by atoms with Gasteiger partial charge in [-0.25, -0.2) is 0 Å². The van der Waals surface area contributed by atoms with Gasteiger partial charge in [-0.05, 0) is 26.0 Å². The first-order valence-corrected chi connectivity index (χ1v) is 6.57. The molecular formula is C13H15BrN2O3. The number of rotatable bonds is 4. The Balaban J connectivity index is 2.53. The number of ether oxygens (including phenoxy) is 2. The predicted molar refractivity (Wildman–Crippen MR) is 76.4 cm³/mol. The molecule has 0 unspecified atom stereocenters. The number of nitrogen functional groups attached to an aromatic ring is 1. The molecule has 2 aromatic rings. The summed E-state index contributed by atoms with van der Waals surface area (Å²) in [7, 11) is 1.60. The lowest BCUT2D eigenvalue weighted by Crippen LogP contribution is -2.07. The molecule has 0 amide bonds. The Morgan fingerprint density at radius 1 is 1.26 bits per heavy atom. The molecule has 0 radical (unpaired) electrons. The second kappa shape index (κ2) is 5.52. The van der Waals surface area contributed by atoms with E-state index in [1.54, 1.807) is 13.3 Å². The van der Waals surface area contributed by atoms with Crippen LogP contribution in [0.2, 0.25) is 0 Å². The molecule has 102 valence electrons. The average Bonchev–Trinajstić information content (AvgIpc) is 2.76. The largest absolute Gasteiger partial charge is 0.493 e. The van der Waals surface area contributed by atoms with Gasteiger partial charge in [0.1, 0.15) is 0 Å². The van der Waals surface area contributed by atoms with Gasteiger partial charge in [0.05, 0.1) is 25.0 Å². The SMILES string of the molecule is COc1cc(Br)c(-c2cnoc2N)cc1OC(C)C. The zero-order valence-corrected chi connectivity index (χ0v) is 12.5. The Hall–Kier alpha value is -1.69. The smallest absolute Gasteiger partial charge is 0.229 e. The van der Waals surface area contributed by atoms with E-state index in [1.807, 2.05) is 26.0 Å². The maximum atomic E-state index is 5.74. The Labute approximate surface area is 119 Å². The molecule has 2 N–H and O–H groups in total. The van der Waals surface area contributed by atoms with Gasteiger partial charge in [-0.2, -0.15) is 0 Å². The fourth-order valence-electron chi connectivity index (χ4n) is 1.70. The number of aromatic nitrogens is 1. The lowest BCUT2D eigenvalue weighted by atomic mass is 10.1. The van der Waals surface area contributed by atoms with E-state index < -0.39 is 0 Å². The van der Waals surface area contributed by atoms with Crippen LogP contribution in [0.1, 0.15) is 13.8 Å². The highest BCUT2D eigenvalue weighted by molar-refractivity contribution is 9.10. The first-order valence-electron chi connectivity index (χ1n) is 5.77. The molecule has 5 nitrogen and oxygen atoms in total. The van der Waals surface area contributed by atoms with E-state index in [9.17, 15) is 0 Å². The van der Waals surface area contributed by atoms with Gasteiger partial charge >= 0.3 is 0 Å². The van der Waals surface area contributed by atoms with Crippen LogP contribution in [0.4, 0.5) is 5.88 Å². The lowest BCUT2D eigenvalue weighted by Gasteiger charge is -2.15. The monoisotopic (exact) mass is 326 g/mol. The number of halogens is 1. The van der Waals surface area contributed by atoms with Gasteiger partial charge in [-0.1, -0.05) is 21.1 Å². The van der Waals surface area contributed by atoms with Crippen molar-refractivity contribution in [3.63, 3.8) is 0 Å². The Bertz CT molecular complexity index is 581. The topological polar surface area (TPSA) is 70.5 Å². The highest BCUT2D eigenvalue weighted by atomic mass is 79.9. The van der Waals surface area contributed by atoms with Crippen molar-refractivity contribution in [1.29, 1.82) is 0 Å². The van der Waals surface area contributed by atoms with Crippen LogP contribution in [0.25, 0.3) is 11.1 Å². The van der Waals surface area contributed by atoms with Crippen LogP contribution in [-0.4, -0.2) is 18.4 Å². The number of hydrogen-bond donors (Lipinski definition) is 1. The van der Waals surface area contributed by atoms with Crippen molar-refractivity contribution in [3.05, 3.63) is 22.8 Å². The molecule has 0 saturated carbocycles. The summed E-state index contributed by atoms with van der Waals surface area (Å²) in [5, 5.41) is 3.68. The fourth-order valence-corrected chi connectivity index (χ4v) is 2.23. The number of benzene rings is 1. The highest BCUT2D eigenvalue weighted by Gasteiger charge is 2.16. The molecule has 0 aliphatic carbocycles. The van der Waals surface area contributed by atoms with E-state index in [-0.39, 0.29) is 12.0 Å². The van der Waals surface area contributed by atoms with Gasteiger partial charge in [0.2, 0.25) is 5.88 Å². The minimum absolute atomic E-state index is 0.0442. The second-order valence-corrected chi connectivity index (χ2v) is 5.11. The van der Waals surface area contributed by atoms with Crippen LogP contribution in [0.5, 0.6) is 11.5 Å². The summed E-state index contributed by atoms with van der Waals surface area (Å²) in [4.78, 5) is 0. The minimum Gasteiger partial charge on any atom is -0.493 e. The van der Waals surface area contributed by atoms with Gasteiger partial charge in [0.15, 0.2) is 11.5 Å². The van der Waals surface area contributed by atoms with Crippen molar-refractivity contribution in [3.8, 4) is 22.6 Å². The van der Waals surface area contributed by atoms with Crippen molar-refractivity contribution in [2.75, 3.05) is 12.8 Å². The van der Waals surface area contributed by atoms with Crippen LogP contribution in [0.15, 0.2) is 27.3 Å². The first-order chi connectivity index (χ1) is 9.02. The van der Waals surface area contributed by atoms with Crippen LogP contribution in [0.3, 0.4) is 0 Å². The van der Waals surface area contributed by atoms with Crippen LogP contribution < -0.4 is 15.2 Å². The van der Waals surface area contributed by atoms with Gasteiger partial charge in [-0.15, -0.1) is 0 Å². The Morgan fingerprint density at radius 3 is 2.53 bits per heavy atom. The van der Waals surface area contributed by atoms with Crippen LogP contribution in [0, 0.1) is 0 Å². The number of nitrogens with zero attached hydrogens (tertiary/aromatic N) is 1. The highest BCUT2D eigenvalue weighted by Crippen LogP contribution is 2.40. The summed E-state index contributed by atoms with van der Waals surface area (Å²) in [5.74, 6) is 1.57. The summed E-state index contributed by atoms with van der Waals surface area (Å²) in [6.45, 7) is 3.91. The fraction of sp³-hybridized carbons (Fsp3) is 0.308. The normalized spacial score (nSPS) is 10.8. The van der Waals surface area contributed by atoms with Crippen molar-refractivity contribution >= 4 is 21.8 Å². The van der Waals surface area contributed by atoms with E-state index in [0.29, 0.717) is 17.1 Å². The third kappa shape index (κ3) is 2.84. The molecule has 1 heterocycles. The summed E-state index contributed by atoms with van der Waals surface area (Å²) < 4.78 is 16.8. The average molecular weight is 327 g/mol. The standard InChI is InChI=1S/C13H15BrN2O3/c1-7(2)18-12-4-8(9-6-16-19-13(9)15)10(14)5-11(12)17-3/h4-7H,15H2,1-3H3.